The maximum Gasteiger partial charge on any atom is 0.246 e. The third-order valence-electron chi connectivity index (χ3n) is 4.36. The highest BCUT2D eigenvalue weighted by Crippen LogP contribution is 2.23. The Kier molecular flexibility index (Phi) is 6.76. The van der Waals surface area contributed by atoms with Crippen molar-refractivity contribution < 1.29 is 4.79 Å². The lowest BCUT2D eigenvalue weighted by Gasteiger charge is -2.34. The fourth-order valence-corrected chi connectivity index (χ4v) is 3.45. The molecule has 1 aliphatic heterocycles. The molecule has 0 saturated carbocycles. The molecule has 2 aromatic rings. The molecule has 3 rings (SSSR count). The molecule has 6 heteroatoms. The minimum absolute atomic E-state index is 0.0575. The highest BCUT2D eigenvalue weighted by Gasteiger charge is 2.19. The van der Waals surface area contributed by atoms with Gasteiger partial charge in [-0.05, 0) is 41.5 Å². The maximum atomic E-state index is 12.4. The number of hydrogen-bond acceptors (Lipinski definition) is 2. The van der Waals surface area contributed by atoms with E-state index in [-0.39, 0.29) is 5.91 Å². The zero-order chi connectivity index (χ0) is 18.5. The van der Waals surface area contributed by atoms with Gasteiger partial charge in [0.25, 0.3) is 0 Å². The molecular formula is C20H19BrCl2N2O. The van der Waals surface area contributed by atoms with Gasteiger partial charge in [-0.1, -0.05) is 57.3 Å². The predicted octanol–water partition coefficient (Wildman–Crippen LogP) is 5.11. The molecule has 0 aromatic heterocycles. The molecule has 1 amide bonds. The molecule has 0 bridgehead atoms. The summed E-state index contributed by atoms with van der Waals surface area (Å²) in [5.74, 6) is 0.0575. The van der Waals surface area contributed by atoms with Crippen LogP contribution in [0.25, 0.3) is 6.08 Å². The average Bonchev–Trinajstić information content (AvgIpc) is 2.65. The third-order valence-corrected chi connectivity index (χ3v) is 5.63. The van der Waals surface area contributed by atoms with E-state index in [1.54, 1.807) is 6.08 Å². The summed E-state index contributed by atoms with van der Waals surface area (Å²) in [5.41, 5.74) is 2.15. The number of hydrogen-bond donors (Lipinski definition) is 0. The van der Waals surface area contributed by atoms with Crippen LogP contribution in [0, 0.1) is 0 Å². The second kappa shape index (κ2) is 9.05. The van der Waals surface area contributed by atoms with Gasteiger partial charge in [-0.15, -0.1) is 0 Å². The van der Waals surface area contributed by atoms with E-state index in [0.717, 1.165) is 48.3 Å². The summed E-state index contributed by atoms with van der Waals surface area (Å²) in [5, 5.41) is 1.15. The Bertz CT molecular complexity index is 800. The topological polar surface area (TPSA) is 23.6 Å². The minimum Gasteiger partial charge on any atom is -0.337 e. The van der Waals surface area contributed by atoms with Gasteiger partial charge in [-0.2, -0.15) is 0 Å². The van der Waals surface area contributed by atoms with Crippen molar-refractivity contribution >= 4 is 51.1 Å². The smallest absolute Gasteiger partial charge is 0.246 e. The first-order valence-electron chi connectivity index (χ1n) is 8.40. The molecule has 1 saturated heterocycles. The van der Waals surface area contributed by atoms with Crippen LogP contribution in [-0.2, 0) is 11.3 Å². The van der Waals surface area contributed by atoms with Crippen molar-refractivity contribution in [1.29, 1.82) is 0 Å². The molecule has 0 aliphatic carbocycles. The predicted molar refractivity (Wildman–Crippen MR) is 111 cm³/mol. The van der Waals surface area contributed by atoms with Crippen molar-refractivity contribution in [2.75, 3.05) is 26.2 Å². The fourth-order valence-electron chi connectivity index (χ4n) is 2.87. The van der Waals surface area contributed by atoms with Gasteiger partial charge >= 0.3 is 0 Å². The highest BCUT2D eigenvalue weighted by molar-refractivity contribution is 9.10. The molecule has 0 spiro atoms. The Morgan fingerprint density at radius 3 is 2.35 bits per heavy atom. The summed E-state index contributed by atoms with van der Waals surface area (Å²) in [6.07, 6.45) is 3.51. The summed E-state index contributed by atoms with van der Waals surface area (Å²) in [7, 11) is 0. The standard InChI is InChI=1S/C20H19BrCl2N2O/c21-17-5-1-15(2-6-17)4-8-20(26)25-11-9-24(10-12-25)14-16-3-7-18(22)19(23)13-16/h1-8,13H,9-12,14H2/b8-4+. The number of piperazine rings is 1. The van der Waals surface area contributed by atoms with Gasteiger partial charge in [0.1, 0.15) is 0 Å². The molecule has 1 aliphatic rings. The summed E-state index contributed by atoms with van der Waals surface area (Å²) < 4.78 is 1.03. The molecule has 0 radical (unpaired) electrons. The zero-order valence-electron chi connectivity index (χ0n) is 14.2. The van der Waals surface area contributed by atoms with E-state index < -0.39 is 0 Å². The molecular weight excluding hydrogens is 435 g/mol. The van der Waals surface area contributed by atoms with E-state index in [1.807, 2.05) is 53.4 Å². The van der Waals surface area contributed by atoms with E-state index >= 15 is 0 Å². The minimum atomic E-state index is 0.0575. The molecule has 26 heavy (non-hydrogen) atoms. The van der Waals surface area contributed by atoms with Gasteiger partial charge in [-0.25, -0.2) is 0 Å². The normalized spacial score (nSPS) is 15.6. The fraction of sp³-hybridized carbons (Fsp3) is 0.250. The van der Waals surface area contributed by atoms with Crippen molar-refractivity contribution in [2.45, 2.75) is 6.54 Å². The molecule has 1 fully saturated rings. The molecule has 0 N–H and O–H groups in total. The molecule has 2 aromatic carbocycles. The van der Waals surface area contributed by atoms with Crippen molar-refractivity contribution in [1.82, 2.24) is 9.80 Å². The van der Waals surface area contributed by atoms with Crippen LogP contribution >= 0.6 is 39.1 Å². The summed E-state index contributed by atoms with van der Waals surface area (Å²) in [6, 6.07) is 13.6. The second-order valence-corrected chi connectivity index (χ2v) is 7.96. The van der Waals surface area contributed by atoms with E-state index in [2.05, 4.69) is 20.8 Å². The van der Waals surface area contributed by atoms with Gasteiger partial charge in [0.15, 0.2) is 0 Å². The Morgan fingerprint density at radius 1 is 1.00 bits per heavy atom. The zero-order valence-corrected chi connectivity index (χ0v) is 17.3. The first-order chi connectivity index (χ1) is 12.5. The first-order valence-corrected chi connectivity index (χ1v) is 9.95. The van der Waals surface area contributed by atoms with Crippen molar-refractivity contribution in [2.24, 2.45) is 0 Å². The average molecular weight is 454 g/mol. The van der Waals surface area contributed by atoms with E-state index in [1.165, 1.54) is 0 Å². The number of amides is 1. The molecule has 0 atom stereocenters. The van der Waals surface area contributed by atoms with Crippen molar-refractivity contribution in [3.63, 3.8) is 0 Å². The molecule has 3 nitrogen and oxygen atoms in total. The van der Waals surface area contributed by atoms with Crippen LogP contribution in [-0.4, -0.2) is 41.9 Å². The molecule has 0 unspecified atom stereocenters. The van der Waals surface area contributed by atoms with Crippen LogP contribution in [0.3, 0.4) is 0 Å². The van der Waals surface area contributed by atoms with Gasteiger partial charge in [0.2, 0.25) is 5.91 Å². The van der Waals surface area contributed by atoms with Gasteiger partial charge in [0.05, 0.1) is 10.0 Å². The van der Waals surface area contributed by atoms with Crippen LogP contribution in [0.2, 0.25) is 10.0 Å². The van der Waals surface area contributed by atoms with Gasteiger partial charge < -0.3 is 4.90 Å². The van der Waals surface area contributed by atoms with Crippen LogP contribution in [0.1, 0.15) is 11.1 Å². The summed E-state index contributed by atoms with van der Waals surface area (Å²) in [6.45, 7) is 3.96. The molecule has 136 valence electrons. The van der Waals surface area contributed by atoms with E-state index in [9.17, 15) is 4.79 Å². The Labute approximate surface area is 172 Å². The lowest BCUT2D eigenvalue weighted by Crippen LogP contribution is -2.47. The lowest BCUT2D eigenvalue weighted by atomic mass is 10.2. The van der Waals surface area contributed by atoms with E-state index in [0.29, 0.717) is 10.0 Å². The van der Waals surface area contributed by atoms with Gasteiger partial charge in [0, 0.05) is 43.3 Å². The monoisotopic (exact) mass is 452 g/mol. The van der Waals surface area contributed by atoms with Crippen LogP contribution in [0.15, 0.2) is 53.0 Å². The van der Waals surface area contributed by atoms with E-state index in [4.69, 9.17) is 23.2 Å². The number of halogens is 3. The number of nitrogens with zero attached hydrogens (tertiary/aromatic N) is 2. The summed E-state index contributed by atoms with van der Waals surface area (Å²) in [4.78, 5) is 16.6. The number of benzene rings is 2. The second-order valence-electron chi connectivity index (χ2n) is 6.23. The largest absolute Gasteiger partial charge is 0.337 e. The van der Waals surface area contributed by atoms with Crippen LogP contribution in [0.4, 0.5) is 0 Å². The highest BCUT2D eigenvalue weighted by atomic mass is 79.9. The Balaban J connectivity index is 1.50. The summed E-state index contributed by atoms with van der Waals surface area (Å²) >= 11 is 15.4. The van der Waals surface area contributed by atoms with Gasteiger partial charge in [-0.3, -0.25) is 9.69 Å². The van der Waals surface area contributed by atoms with Crippen LogP contribution in [0.5, 0.6) is 0 Å². The third kappa shape index (κ3) is 5.34. The van der Waals surface area contributed by atoms with Crippen LogP contribution < -0.4 is 0 Å². The number of rotatable bonds is 4. The van der Waals surface area contributed by atoms with Crippen molar-refractivity contribution in [3.8, 4) is 0 Å². The van der Waals surface area contributed by atoms with Crippen molar-refractivity contribution in [3.05, 3.63) is 74.2 Å². The Morgan fingerprint density at radius 2 is 1.69 bits per heavy atom. The number of carbonyl (C=O) groups is 1. The molecule has 1 heterocycles. The Hall–Kier alpha value is -1.33. The SMILES string of the molecule is O=C(/C=C/c1ccc(Br)cc1)N1CCN(Cc2ccc(Cl)c(Cl)c2)CC1. The first kappa shape index (κ1) is 19.4. The number of carbonyl (C=O) groups excluding carboxylic acids is 1. The maximum absolute atomic E-state index is 12.4. The quantitative estimate of drug-likeness (QED) is 0.600. The lowest BCUT2D eigenvalue weighted by molar-refractivity contribution is -0.127.